The van der Waals surface area contributed by atoms with Crippen LogP contribution in [-0.2, 0) is 6.42 Å². The zero-order chi connectivity index (χ0) is 12.4. The minimum atomic E-state index is 0.00831. The van der Waals surface area contributed by atoms with Gasteiger partial charge in [0.25, 0.3) is 0 Å². The summed E-state index contributed by atoms with van der Waals surface area (Å²) in [4.78, 5) is 0. The second-order valence-electron chi connectivity index (χ2n) is 3.82. The number of ether oxygens (including phenoxy) is 4. The zero-order valence-corrected chi connectivity index (χ0v) is 10.8. The molecule has 0 spiro atoms. The van der Waals surface area contributed by atoms with Crippen molar-refractivity contribution < 1.29 is 18.9 Å². The second kappa shape index (κ2) is 4.92. The Hall–Kier alpha value is -1.29. The maximum absolute atomic E-state index is 6.02. The lowest BCUT2D eigenvalue weighted by Crippen LogP contribution is -2.02. The van der Waals surface area contributed by atoms with Gasteiger partial charge in [0.05, 0.1) is 14.2 Å². The number of halogens is 1. The van der Waals surface area contributed by atoms with Crippen molar-refractivity contribution >= 4 is 11.6 Å². The van der Waals surface area contributed by atoms with E-state index in [1.54, 1.807) is 14.2 Å². The molecule has 0 aromatic heterocycles. The predicted molar refractivity (Wildman–Crippen MR) is 64.7 cm³/mol. The van der Waals surface area contributed by atoms with E-state index < -0.39 is 0 Å². The number of rotatable bonds is 4. The lowest BCUT2D eigenvalue weighted by Gasteiger charge is -2.14. The standard InChI is InChI=1S/C12H15ClO4/c1-7(13)4-8-5-9(14-2)11-12(10(8)15-3)17-6-16-11/h5,7H,4,6H2,1-3H3/t7-/m1/s1. The molecule has 1 aliphatic heterocycles. The molecule has 0 amide bonds. The molecule has 1 aromatic carbocycles. The van der Waals surface area contributed by atoms with Crippen LogP contribution in [-0.4, -0.2) is 26.4 Å². The molecule has 1 aromatic rings. The van der Waals surface area contributed by atoms with Gasteiger partial charge in [0.1, 0.15) is 0 Å². The van der Waals surface area contributed by atoms with E-state index in [-0.39, 0.29) is 12.2 Å². The van der Waals surface area contributed by atoms with E-state index in [0.717, 1.165) is 5.56 Å². The first-order chi connectivity index (χ1) is 8.17. The van der Waals surface area contributed by atoms with Crippen LogP contribution in [0.5, 0.6) is 23.0 Å². The van der Waals surface area contributed by atoms with E-state index >= 15 is 0 Å². The van der Waals surface area contributed by atoms with Gasteiger partial charge in [0.15, 0.2) is 11.5 Å². The van der Waals surface area contributed by atoms with E-state index in [9.17, 15) is 0 Å². The first-order valence-electron chi connectivity index (χ1n) is 5.35. The van der Waals surface area contributed by atoms with Crippen LogP contribution in [0.25, 0.3) is 0 Å². The van der Waals surface area contributed by atoms with Gasteiger partial charge < -0.3 is 18.9 Å². The molecule has 17 heavy (non-hydrogen) atoms. The molecule has 0 bridgehead atoms. The highest BCUT2D eigenvalue weighted by molar-refractivity contribution is 6.20. The number of alkyl halides is 1. The summed E-state index contributed by atoms with van der Waals surface area (Å²) in [6.45, 7) is 2.11. The summed E-state index contributed by atoms with van der Waals surface area (Å²) < 4.78 is 21.4. The van der Waals surface area contributed by atoms with Crippen LogP contribution < -0.4 is 18.9 Å². The topological polar surface area (TPSA) is 36.9 Å². The van der Waals surface area contributed by atoms with Crippen LogP contribution >= 0.6 is 11.6 Å². The summed E-state index contributed by atoms with van der Waals surface area (Å²) in [6, 6.07) is 1.88. The summed E-state index contributed by atoms with van der Waals surface area (Å²) in [6.07, 6.45) is 0.678. The fourth-order valence-electron chi connectivity index (χ4n) is 1.90. The number of fused-ring (bicyclic) bond motifs is 1. The molecule has 1 aliphatic rings. The van der Waals surface area contributed by atoms with Crippen molar-refractivity contribution in [2.75, 3.05) is 21.0 Å². The van der Waals surface area contributed by atoms with E-state index in [1.165, 1.54) is 0 Å². The summed E-state index contributed by atoms with van der Waals surface area (Å²) in [5, 5.41) is 0.00831. The van der Waals surface area contributed by atoms with Crippen LogP contribution in [0.4, 0.5) is 0 Å². The van der Waals surface area contributed by atoms with Crippen molar-refractivity contribution in [1.29, 1.82) is 0 Å². The Morgan fingerprint density at radius 2 is 2.00 bits per heavy atom. The molecule has 4 nitrogen and oxygen atoms in total. The average Bonchev–Trinajstić information content (AvgIpc) is 2.76. The average molecular weight is 259 g/mol. The summed E-state index contributed by atoms with van der Waals surface area (Å²) >= 11 is 6.02. The molecule has 0 saturated heterocycles. The minimum absolute atomic E-state index is 0.00831. The Morgan fingerprint density at radius 3 is 2.59 bits per heavy atom. The molecule has 0 radical (unpaired) electrons. The van der Waals surface area contributed by atoms with Crippen LogP contribution in [0.2, 0.25) is 0 Å². The van der Waals surface area contributed by atoms with Crippen molar-refractivity contribution in [1.82, 2.24) is 0 Å². The summed E-state index contributed by atoms with van der Waals surface area (Å²) in [5.74, 6) is 2.51. The van der Waals surface area contributed by atoms with Crippen molar-refractivity contribution in [2.45, 2.75) is 18.7 Å². The molecule has 2 rings (SSSR count). The normalized spacial score (nSPS) is 14.6. The van der Waals surface area contributed by atoms with Gasteiger partial charge in [0.2, 0.25) is 18.3 Å². The fourth-order valence-corrected chi connectivity index (χ4v) is 2.06. The molecule has 0 fully saturated rings. The largest absolute Gasteiger partial charge is 0.493 e. The van der Waals surface area contributed by atoms with Gasteiger partial charge in [0, 0.05) is 10.9 Å². The Bertz CT molecular complexity index is 417. The Morgan fingerprint density at radius 1 is 1.29 bits per heavy atom. The number of hydrogen-bond donors (Lipinski definition) is 0. The molecule has 0 saturated carbocycles. The molecule has 1 heterocycles. The molecule has 0 aliphatic carbocycles. The second-order valence-corrected chi connectivity index (χ2v) is 4.57. The Balaban J connectivity index is 2.51. The first kappa shape index (κ1) is 12.2. The minimum Gasteiger partial charge on any atom is -0.493 e. The Kier molecular flexibility index (Phi) is 3.52. The molecular weight excluding hydrogens is 244 g/mol. The predicted octanol–water partition coefficient (Wildman–Crippen LogP) is 2.60. The van der Waals surface area contributed by atoms with E-state index in [1.807, 2.05) is 13.0 Å². The highest BCUT2D eigenvalue weighted by Gasteiger charge is 2.27. The fraction of sp³-hybridized carbons (Fsp3) is 0.500. The smallest absolute Gasteiger partial charge is 0.231 e. The molecule has 0 N–H and O–H groups in total. The van der Waals surface area contributed by atoms with Crippen molar-refractivity contribution in [3.05, 3.63) is 11.6 Å². The lowest BCUT2D eigenvalue weighted by molar-refractivity contribution is 0.168. The maximum atomic E-state index is 6.02. The van der Waals surface area contributed by atoms with E-state index in [0.29, 0.717) is 29.4 Å². The lowest BCUT2D eigenvalue weighted by atomic mass is 10.1. The third kappa shape index (κ3) is 2.22. The summed E-state index contributed by atoms with van der Waals surface area (Å²) in [7, 11) is 3.20. The molecule has 94 valence electrons. The van der Waals surface area contributed by atoms with Crippen molar-refractivity contribution in [3.63, 3.8) is 0 Å². The Labute approximate surface area is 105 Å². The number of benzene rings is 1. The number of hydrogen-bond acceptors (Lipinski definition) is 4. The third-order valence-electron chi connectivity index (χ3n) is 2.56. The molecule has 5 heteroatoms. The quantitative estimate of drug-likeness (QED) is 0.778. The molecular formula is C12H15ClO4. The SMILES string of the molecule is COc1cc(C[C@@H](C)Cl)c(OC)c2c1OCO2. The summed E-state index contributed by atoms with van der Waals surface area (Å²) in [5.41, 5.74) is 0.955. The van der Waals surface area contributed by atoms with Gasteiger partial charge in [-0.2, -0.15) is 0 Å². The van der Waals surface area contributed by atoms with Gasteiger partial charge in [-0.1, -0.05) is 0 Å². The van der Waals surface area contributed by atoms with Gasteiger partial charge >= 0.3 is 0 Å². The van der Waals surface area contributed by atoms with Crippen molar-refractivity contribution in [3.8, 4) is 23.0 Å². The van der Waals surface area contributed by atoms with Gasteiger partial charge in [-0.15, -0.1) is 11.6 Å². The van der Waals surface area contributed by atoms with Gasteiger partial charge in [-0.25, -0.2) is 0 Å². The highest BCUT2D eigenvalue weighted by atomic mass is 35.5. The zero-order valence-electron chi connectivity index (χ0n) is 10.1. The molecule has 0 unspecified atom stereocenters. The molecule has 1 atom stereocenters. The van der Waals surface area contributed by atoms with Gasteiger partial charge in [-0.3, -0.25) is 0 Å². The van der Waals surface area contributed by atoms with Crippen LogP contribution in [0.1, 0.15) is 12.5 Å². The monoisotopic (exact) mass is 258 g/mol. The van der Waals surface area contributed by atoms with Crippen LogP contribution in [0, 0.1) is 0 Å². The highest BCUT2D eigenvalue weighted by Crippen LogP contribution is 2.49. The van der Waals surface area contributed by atoms with Crippen LogP contribution in [0.15, 0.2) is 6.07 Å². The van der Waals surface area contributed by atoms with Crippen LogP contribution in [0.3, 0.4) is 0 Å². The maximum Gasteiger partial charge on any atom is 0.231 e. The van der Waals surface area contributed by atoms with E-state index in [4.69, 9.17) is 30.5 Å². The third-order valence-corrected chi connectivity index (χ3v) is 2.72. The number of methoxy groups -OCH3 is 2. The van der Waals surface area contributed by atoms with E-state index in [2.05, 4.69) is 0 Å². The van der Waals surface area contributed by atoms with Gasteiger partial charge in [-0.05, 0) is 19.4 Å². The van der Waals surface area contributed by atoms with Crippen molar-refractivity contribution in [2.24, 2.45) is 0 Å². The first-order valence-corrected chi connectivity index (χ1v) is 5.78.